The smallest absolute Gasteiger partial charge is 0.247 e. The van der Waals surface area contributed by atoms with Crippen LogP contribution in [-0.4, -0.2) is 22.5 Å². The first kappa shape index (κ1) is 23.8. The second-order valence-corrected chi connectivity index (χ2v) is 9.71. The molecule has 6 rings (SSSR count). The van der Waals surface area contributed by atoms with Crippen LogP contribution in [-0.2, 0) is 4.79 Å². The number of fused-ring (bicyclic) bond motifs is 3. The second kappa shape index (κ2) is 10.4. The summed E-state index contributed by atoms with van der Waals surface area (Å²) in [4.78, 5) is 19.9. The summed E-state index contributed by atoms with van der Waals surface area (Å²) >= 11 is 0. The number of benzene rings is 2. The Balaban J connectivity index is 1.21. The molecule has 0 spiro atoms. The molecule has 0 saturated heterocycles. The monoisotopic (exact) mass is 487 g/mol. The van der Waals surface area contributed by atoms with E-state index in [1.54, 1.807) is 24.3 Å². The molecular formula is C28H30FN5O2. The zero-order valence-electron chi connectivity index (χ0n) is 20.1. The predicted molar refractivity (Wildman–Crippen MR) is 139 cm³/mol. The number of aromatic nitrogens is 2. The van der Waals surface area contributed by atoms with E-state index in [1.165, 1.54) is 44.6 Å². The van der Waals surface area contributed by atoms with Gasteiger partial charge in [-0.2, -0.15) is 4.98 Å². The fourth-order valence-electron chi connectivity index (χ4n) is 5.08. The molecule has 186 valence electrons. The summed E-state index contributed by atoms with van der Waals surface area (Å²) in [5.74, 6) is 1.12. The van der Waals surface area contributed by atoms with Gasteiger partial charge in [-0.25, -0.2) is 9.37 Å². The first-order chi connectivity index (χ1) is 17.5. The average molecular weight is 488 g/mol. The molecule has 8 heteroatoms. The van der Waals surface area contributed by atoms with Crippen LogP contribution in [0.5, 0.6) is 5.75 Å². The molecule has 7 nitrogen and oxygen atoms in total. The highest BCUT2D eigenvalue weighted by Crippen LogP contribution is 2.50. The van der Waals surface area contributed by atoms with Crippen LogP contribution in [0.1, 0.15) is 38.5 Å². The first-order valence-corrected chi connectivity index (χ1v) is 12.3. The van der Waals surface area contributed by atoms with Gasteiger partial charge < -0.3 is 20.7 Å². The summed E-state index contributed by atoms with van der Waals surface area (Å²) in [6, 6.07) is 14.5. The summed E-state index contributed by atoms with van der Waals surface area (Å²) < 4.78 is 20.6. The number of nitrogens with one attached hydrogen (secondary N) is 3. The maximum absolute atomic E-state index is 14.4. The number of hydrogen-bond acceptors (Lipinski definition) is 6. The Morgan fingerprint density at radius 2 is 1.78 bits per heavy atom. The maximum Gasteiger partial charge on any atom is 0.247 e. The lowest BCUT2D eigenvalue weighted by molar-refractivity contribution is -0.111. The summed E-state index contributed by atoms with van der Waals surface area (Å²) in [5.41, 5.74) is 2.24. The van der Waals surface area contributed by atoms with Crippen LogP contribution in [0, 0.1) is 17.2 Å². The number of hydrogen-bond donors (Lipinski definition) is 3. The molecule has 1 heterocycles. The first-order valence-electron chi connectivity index (χ1n) is 12.3. The molecule has 0 atom stereocenters. The van der Waals surface area contributed by atoms with Crippen LogP contribution in [0.4, 0.5) is 33.2 Å². The molecule has 3 fully saturated rings. The Morgan fingerprint density at radius 3 is 2.50 bits per heavy atom. The maximum atomic E-state index is 14.4. The van der Waals surface area contributed by atoms with E-state index in [0.29, 0.717) is 16.8 Å². The van der Waals surface area contributed by atoms with Crippen LogP contribution in [0.15, 0.2) is 67.4 Å². The molecule has 0 unspecified atom stereocenters. The van der Waals surface area contributed by atoms with Gasteiger partial charge in [0.1, 0.15) is 5.75 Å². The highest BCUT2D eigenvalue weighted by atomic mass is 19.1. The zero-order valence-corrected chi connectivity index (χ0v) is 20.1. The number of amides is 1. The largest absolute Gasteiger partial charge is 0.493 e. The van der Waals surface area contributed by atoms with Gasteiger partial charge in [0.2, 0.25) is 11.9 Å². The predicted octanol–water partition coefficient (Wildman–Crippen LogP) is 6.58. The van der Waals surface area contributed by atoms with Gasteiger partial charge in [0.05, 0.1) is 12.8 Å². The second-order valence-electron chi connectivity index (χ2n) is 9.71. The Hall–Kier alpha value is -3.94. The van der Waals surface area contributed by atoms with Crippen molar-refractivity contribution in [2.75, 3.05) is 22.6 Å². The van der Waals surface area contributed by atoms with E-state index in [2.05, 4.69) is 32.5 Å². The molecule has 3 aliphatic rings. The molecule has 3 saturated carbocycles. The highest BCUT2D eigenvalue weighted by molar-refractivity contribution is 5.99. The number of carbonyl (C=O) groups excluding carboxylic acids is 1. The minimum atomic E-state index is -0.596. The van der Waals surface area contributed by atoms with Crippen molar-refractivity contribution in [3.63, 3.8) is 0 Å². The van der Waals surface area contributed by atoms with Crippen LogP contribution < -0.4 is 20.7 Å². The van der Waals surface area contributed by atoms with E-state index in [0.717, 1.165) is 30.2 Å². The normalized spacial score (nSPS) is 20.4. The van der Waals surface area contributed by atoms with Crippen molar-refractivity contribution in [2.24, 2.45) is 11.3 Å². The summed E-state index contributed by atoms with van der Waals surface area (Å²) in [5, 5.41) is 8.71. The molecule has 0 radical (unpaired) electrons. The fraction of sp³-hybridized carbons (Fsp3) is 0.321. The Kier molecular flexibility index (Phi) is 6.84. The quantitative estimate of drug-likeness (QED) is 0.296. The van der Waals surface area contributed by atoms with Crippen molar-refractivity contribution < 1.29 is 13.9 Å². The molecule has 3 aliphatic carbocycles. The third-order valence-corrected chi connectivity index (χ3v) is 7.23. The molecule has 2 bridgehead atoms. The molecular weight excluding hydrogens is 457 g/mol. The van der Waals surface area contributed by atoms with Crippen LogP contribution in [0.3, 0.4) is 0 Å². The molecule has 0 aliphatic heterocycles. The highest BCUT2D eigenvalue weighted by Gasteiger charge is 2.40. The number of ether oxygens (including phenoxy) is 1. The van der Waals surface area contributed by atoms with Crippen molar-refractivity contribution in [3.05, 3.63) is 73.2 Å². The average Bonchev–Trinajstić information content (AvgIpc) is 2.91. The SMILES string of the molecule is C=CC(=O)Nc1cccc(Nc2nc(Nc3ccc(OCC45CCC(CC4)CC5)cc3)ncc2F)c1. The lowest BCUT2D eigenvalue weighted by Gasteiger charge is -2.46. The van der Waals surface area contributed by atoms with Gasteiger partial charge in [0.15, 0.2) is 11.6 Å². The fourth-order valence-corrected chi connectivity index (χ4v) is 5.08. The number of nitrogens with zero attached hydrogens (tertiary/aromatic N) is 2. The van der Waals surface area contributed by atoms with Gasteiger partial charge >= 0.3 is 0 Å². The van der Waals surface area contributed by atoms with Crippen molar-refractivity contribution in [1.82, 2.24) is 9.97 Å². The number of anilines is 5. The van der Waals surface area contributed by atoms with E-state index < -0.39 is 5.82 Å². The van der Waals surface area contributed by atoms with E-state index in [-0.39, 0.29) is 17.7 Å². The third-order valence-electron chi connectivity index (χ3n) is 7.23. The van der Waals surface area contributed by atoms with Crippen molar-refractivity contribution in [1.29, 1.82) is 0 Å². The standard InChI is InChI=1S/C28H30FN5O2/c1-2-25(35)31-21-4-3-5-22(16-21)32-26-24(29)17-30-27(34-26)33-20-6-8-23(9-7-20)36-18-28-13-10-19(11-14-28)12-15-28/h2-9,16-17,19H,1,10-15,18H2,(H,31,35)(H2,30,32,33,34). The van der Waals surface area contributed by atoms with E-state index in [1.807, 2.05) is 24.3 Å². The summed E-state index contributed by atoms with van der Waals surface area (Å²) in [6.07, 6.45) is 10.2. The van der Waals surface area contributed by atoms with Crippen molar-refractivity contribution >= 4 is 34.7 Å². The molecule has 3 aromatic rings. The van der Waals surface area contributed by atoms with Gasteiger partial charge in [-0.3, -0.25) is 4.79 Å². The van der Waals surface area contributed by atoms with E-state index in [4.69, 9.17) is 4.74 Å². The minimum absolute atomic E-state index is 0.0149. The Bertz CT molecular complexity index is 1230. The number of rotatable bonds is 9. The Labute approximate surface area is 210 Å². The van der Waals surface area contributed by atoms with Crippen LogP contribution in [0.2, 0.25) is 0 Å². The number of halogens is 1. The van der Waals surface area contributed by atoms with Gasteiger partial charge in [0, 0.05) is 22.5 Å². The molecule has 3 N–H and O–H groups in total. The van der Waals surface area contributed by atoms with Gasteiger partial charge in [-0.1, -0.05) is 12.6 Å². The van der Waals surface area contributed by atoms with Gasteiger partial charge in [-0.15, -0.1) is 0 Å². The van der Waals surface area contributed by atoms with Gasteiger partial charge in [-0.05, 0) is 93.0 Å². The summed E-state index contributed by atoms with van der Waals surface area (Å²) in [6.45, 7) is 4.21. The van der Waals surface area contributed by atoms with Crippen molar-refractivity contribution in [2.45, 2.75) is 38.5 Å². The van der Waals surface area contributed by atoms with Gasteiger partial charge in [0.25, 0.3) is 0 Å². The molecule has 36 heavy (non-hydrogen) atoms. The Morgan fingerprint density at radius 1 is 1.06 bits per heavy atom. The van der Waals surface area contributed by atoms with Crippen LogP contribution in [0.25, 0.3) is 0 Å². The molecule has 2 aromatic carbocycles. The minimum Gasteiger partial charge on any atom is -0.493 e. The molecule has 1 aromatic heterocycles. The zero-order chi connectivity index (χ0) is 25.0. The number of carbonyl (C=O) groups is 1. The third kappa shape index (κ3) is 5.64. The van der Waals surface area contributed by atoms with E-state index >= 15 is 0 Å². The lowest BCUT2D eigenvalue weighted by Crippen LogP contribution is -2.38. The van der Waals surface area contributed by atoms with Crippen LogP contribution >= 0.6 is 0 Å². The lowest BCUT2D eigenvalue weighted by atomic mass is 9.61. The van der Waals surface area contributed by atoms with E-state index in [9.17, 15) is 9.18 Å². The molecule has 1 amide bonds. The summed E-state index contributed by atoms with van der Waals surface area (Å²) in [7, 11) is 0. The van der Waals surface area contributed by atoms with Crippen molar-refractivity contribution in [3.8, 4) is 5.75 Å². The topological polar surface area (TPSA) is 88.2 Å².